The lowest BCUT2D eigenvalue weighted by atomic mass is 9.98. The van der Waals surface area contributed by atoms with Crippen LogP contribution in [0.4, 0.5) is 0 Å². The Bertz CT molecular complexity index is 10400. The molecule has 0 bridgehead atoms. The van der Waals surface area contributed by atoms with Gasteiger partial charge in [-0.25, -0.2) is 0 Å². The first-order chi connectivity index (χ1) is 74.4. The minimum Gasteiger partial charge on any atom is -0.309 e. The second-order valence-electron chi connectivity index (χ2n) is 39.0. The van der Waals surface area contributed by atoms with Crippen LogP contribution in [0.15, 0.2) is 582 Å². The van der Waals surface area contributed by atoms with Gasteiger partial charge in [0, 0.05) is 98.8 Å². The van der Waals surface area contributed by atoms with Gasteiger partial charge in [-0.2, -0.15) is 0 Å². The van der Waals surface area contributed by atoms with Crippen molar-refractivity contribution in [2.75, 3.05) is 0 Å². The zero-order chi connectivity index (χ0) is 99.1. The second kappa shape index (κ2) is 37.4. The molecule has 0 radical (unpaired) electrons. The number of benzene rings is 24. The normalized spacial score (nSPS) is 11.6. The van der Waals surface area contributed by atoms with Crippen molar-refractivity contribution in [1.29, 1.82) is 0 Å². The van der Waals surface area contributed by atoms with E-state index in [0.717, 1.165) is 22.7 Å². The largest absolute Gasteiger partial charge is 0.309 e. The van der Waals surface area contributed by atoms with E-state index in [1.54, 1.807) is 0 Å². The monoisotopic (exact) mass is 1910 g/mol. The molecule has 0 aliphatic heterocycles. The van der Waals surface area contributed by atoms with E-state index in [-0.39, 0.29) is 0 Å². The third-order valence-electron chi connectivity index (χ3n) is 30.4. The standard InChI is InChI=1S/3C48H32N2/c1-4-12-33(13-5-1)35-20-25-40(26-21-35)49-45-19-11-10-18-41(45)43-30-36(23-28-46(43)49)37-24-29-47-44(31-37)42-27-22-38(34-14-6-2-7-15-34)32-48(42)50(47)39-16-8-3-9-17-39;1-4-12-33(13-5-1)35-20-25-40(26-21-35)49-46-28-23-36(34-14-6-2-7-15-34)30-43(46)44-31-37(24-29-47(44)49)38-22-27-42-41-18-10-11-19-45(41)50(48(42)32-38)39-16-8-3-9-17-39;1-4-12-33(13-5-1)34-20-22-35(23-21-34)36-24-27-47-43(30-36)44-32-38(26-29-48(44)50(47)40-16-8-3-9-17-40)37-25-28-46-42(31-37)41-18-10-11-19-45(41)49(46)39-14-6-2-7-15-39/h3*1-32H. The van der Waals surface area contributed by atoms with Gasteiger partial charge >= 0.3 is 0 Å². The highest BCUT2D eigenvalue weighted by Gasteiger charge is 2.24. The van der Waals surface area contributed by atoms with Crippen LogP contribution in [-0.4, -0.2) is 27.4 Å². The maximum absolute atomic E-state index is 2.41. The van der Waals surface area contributed by atoms with Crippen molar-refractivity contribution in [3.63, 3.8) is 0 Å². The average Bonchev–Trinajstić information content (AvgIpc) is 1.59. The number of aromatic nitrogens is 6. The first-order valence-corrected chi connectivity index (χ1v) is 51.6. The summed E-state index contributed by atoms with van der Waals surface area (Å²) in [4.78, 5) is 0. The first kappa shape index (κ1) is 87.8. The van der Waals surface area contributed by atoms with Crippen molar-refractivity contribution in [1.82, 2.24) is 27.4 Å². The summed E-state index contributed by atoms with van der Waals surface area (Å²) in [5.74, 6) is 0. The molecule has 30 rings (SSSR count). The summed E-state index contributed by atoms with van der Waals surface area (Å²) in [6.07, 6.45) is 0. The lowest BCUT2D eigenvalue weighted by molar-refractivity contribution is 1.18. The fourth-order valence-electron chi connectivity index (χ4n) is 23.2. The van der Waals surface area contributed by atoms with Crippen molar-refractivity contribution in [2.24, 2.45) is 0 Å². The minimum atomic E-state index is 1.15. The summed E-state index contributed by atoms with van der Waals surface area (Å²) >= 11 is 0. The predicted octanol–water partition coefficient (Wildman–Crippen LogP) is 38.6. The Kier molecular flexibility index (Phi) is 21.9. The number of hydrogen-bond donors (Lipinski definition) is 0. The van der Waals surface area contributed by atoms with Gasteiger partial charge in [0.1, 0.15) is 0 Å². The van der Waals surface area contributed by atoms with Crippen molar-refractivity contribution in [3.05, 3.63) is 582 Å². The molecule has 0 atom stereocenters. The highest BCUT2D eigenvalue weighted by molar-refractivity contribution is 6.18. The maximum Gasteiger partial charge on any atom is 0.0547 e. The summed E-state index contributed by atoms with van der Waals surface area (Å²) in [5, 5.41) is 15.0. The molecule has 702 valence electrons. The second-order valence-corrected chi connectivity index (χ2v) is 39.0. The van der Waals surface area contributed by atoms with Crippen molar-refractivity contribution >= 4 is 131 Å². The van der Waals surface area contributed by atoms with Crippen LogP contribution in [-0.2, 0) is 0 Å². The van der Waals surface area contributed by atoms with E-state index in [1.165, 1.54) is 242 Å². The first-order valence-electron chi connectivity index (χ1n) is 51.6. The van der Waals surface area contributed by atoms with E-state index >= 15 is 0 Å². The topological polar surface area (TPSA) is 29.6 Å². The summed E-state index contributed by atoms with van der Waals surface area (Å²) in [6, 6.07) is 211. The molecule has 0 spiro atoms. The number of nitrogens with zero attached hydrogens (tertiary/aromatic N) is 6. The van der Waals surface area contributed by atoms with Crippen LogP contribution < -0.4 is 0 Å². The highest BCUT2D eigenvalue weighted by Crippen LogP contribution is 2.47. The van der Waals surface area contributed by atoms with Gasteiger partial charge < -0.3 is 27.4 Å². The van der Waals surface area contributed by atoms with Gasteiger partial charge in [-0.15, -0.1) is 0 Å². The zero-order valence-electron chi connectivity index (χ0n) is 82.1. The number of para-hydroxylation sites is 7. The Balaban J connectivity index is 0.000000108. The molecular formula is C144H96N6. The van der Waals surface area contributed by atoms with Crippen LogP contribution in [0.25, 0.3) is 265 Å². The van der Waals surface area contributed by atoms with E-state index in [0.29, 0.717) is 0 Å². The molecule has 24 aromatic carbocycles. The molecule has 0 fully saturated rings. The van der Waals surface area contributed by atoms with Gasteiger partial charge in [-0.1, -0.05) is 394 Å². The molecule has 150 heavy (non-hydrogen) atoms. The number of rotatable bonds is 15. The fraction of sp³-hybridized carbons (Fsp3) is 0. The molecule has 6 heterocycles. The molecule has 0 aliphatic carbocycles. The molecule has 0 unspecified atom stereocenters. The fourth-order valence-corrected chi connectivity index (χ4v) is 23.2. The zero-order valence-corrected chi connectivity index (χ0v) is 82.1. The maximum atomic E-state index is 2.41. The van der Waals surface area contributed by atoms with Crippen LogP contribution in [0.5, 0.6) is 0 Å². The quantitative estimate of drug-likeness (QED) is 0.0979. The SMILES string of the molecule is c1ccc(-c2ccc(-c3ccc4c(c3)c3cc(-c5ccc6c(c5)c5ccccc5n6-c5ccccc5)ccc3n4-c3ccccc3)cc2)cc1.c1ccc(-c2ccc(-n3c4ccc(-c5ccccc5)cc4c4cc(-c5ccc6c7ccccc7n(-c7ccccc7)c6c5)ccc43)cc2)cc1.c1ccc(-c2ccc(-n3c4ccccc4c4cc(-c5ccc6c(c5)c5ccc(-c7ccccc7)cc5n6-c5ccccc5)ccc43)cc2)cc1. The van der Waals surface area contributed by atoms with E-state index in [1.807, 2.05) is 0 Å². The van der Waals surface area contributed by atoms with Crippen molar-refractivity contribution in [3.8, 4) is 134 Å². The van der Waals surface area contributed by atoms with Gasteiger partial charge in [-0.3, -0.25) is 0 Å². The Labute approximate surface area is 868 Å². The molecule has 0 amide bonds. The van der Waals surface area contributed by atoms with Crippen molar-refractivity contribution in [2.45, 2.75) is 0 Å². The van der Waals surface area contributed by atoms with E-state index in [4.69, 9.17) is 0 Å². The van der Waals surface area contributed by atoms with Gasteiger partial charge in [0.15, 0.2) is 0 Å². The third kappa shape index (κ3) is 15.6. The van der Waals surface area contributed by atoms with E-state index < -0.39 is 0 Å². The van der Waals surface area contributed by atoms with Crippen LogP contribution in [0, 0.1) is 0 Å². The van der Waals surface area contributed by atoms with Crippen LogP contribution in [0.2, 0.25) is 0 Å². The van der Waals surface area contributed by atoms with Crippen LogP contribution in [0.1, 0.15) is 0 Å². The van der Waals surface area contributed by atoms with Gasteiger partial charge in [0.2, 0.25) is 0 Å². The van der Waals surface area contributed by atoms with Gasteiger partial charge in [-0.05, 0) is 288 Å². The molecule has 0 saturated heterocycles. The molecule has 0 N–H and O–H groups in total. The van der Waals surface area contributed by atoms with Crippen LogP contribution >= 0.6 is 0 Å². The molecule has 6 aromatic heterocycles. The van der Waals surface area contributed by atoms with Crippen LogP contribution in [0.3, 0.4) is 0 Å². The summed E-state index contributed by atoms with van der Waals surface area (Å²) in [6.45, 7) is 0. The third-order valence-corrected chi connectivity index (χ3v) is 30.4. The predicted molar refractivity (Wildman–Crippen MR) is 634 cm³/mol. The molecule has 6 nitrogen and oxygen atoms in total. The van der Waals surface area contributed by atoms with Gasteiger partial charge in [0.25, 0.3) is 0 Å². The summed E-state index contributed by atoms with van der Waals surface area (Å²) < 4.78 is 14.4. The minimum absolute atomic E-state index is 1.15. The number of hydrogen-bond acceptors (Lipinski definition) is 0. The average molecular weight is 1910 g/mol. The van der Waals surface area contributed by atoms with Crippen molar-refractivity contribution < 1.29 is 0 Å². The summed E-state index contributed by atoms with van der Waals surface area (Å²) in [5.41, 5.74) is 43.4. The summed E-state index contributed by atoms with van der Waals surface area (Å²) in [7, 11) is 0. The van der Waals surface area contributed by atoms with E-state index in [2.05, 4.69) is 610 Å². The molecule has 6 heteroatoms. The Morgan fingerprint density at radius 3 is 0.467 bits per heavy atom. The highest BCUT2D eigenvalue weighted by atomic mass is 15.0. The Hall–Kier alpha value is -19.9. The molecule has 0 aliphatic rings. The van der Waals surface area contributed by atoms with Gasteiger partial charge in [0.05, 0.1) is 66.2 Å². The lowest BCUT2D eigenvalue weighted by Crippen LogP contribution is -1.94. The van der Waals surface area contributed by atoms with E-state index in [9.17, 15) is 0 Å². The smallest absolute Gasteiger partial charge is 0.0547 e. The Morgan fingerprint density at radius 1 is 0.0733 bits per heavy atom. The molecule has 30 aromatic rings. The Morgan fingerprint density at radius 2 is 0.207 bits per heavy atom. The lowest BCUT2D eigenvalue weighted by Gasteiger charge is -2.11. The molecule has 0 saturated carbocycles. The number of fused-ring (bicyclic) bond motifs is 18. The molecular weight excluding hydrogens is 1810 g/mol.